The third-order valence-electron chi connectivity index (χ3n) is 6.76. The fourth-order valence-corrected chi connectivity index (χ4v) is 4.90. The molecular formula is C24H28N5O2+. The smallest absolute Gasteiger partial charge is 0.326 e. The molecule has 2 aromatic heterocycles. The minimum atomic E-state index is -0.433. The maximum atomic E-state index is 12.9. The molecule has 7 nitrogen and oxygen atoms in total. The summed E-state index contributed by atoms with van der Waals surface area (Å²) >= 11 is 0. The zero-order valence-corrected chi connectivity index (χ0v) is 18.0. The maximum Gasteiger partial charge on any atom is 0.329 e. The second-order valence-electron chi connectivity index (χ2n) is 8.72. The van der Waals surface area contributed by atoms with Gasteiger partial charge in [0.2, 0.25) is 0 Å². The van der Waals surface area contributed by atoms with Gasteiger partial charge in [0.05, 0.1) is 19.1 Å². The predicted molar refractivity (Wildman–Crippen MR) is 121 cm³/mol. The van der Waals surface area contributed by atoms with Crippen molar-refractivity contribution in [3.8, 4) is 0 Å². The molecule has 31 heavy (non-hydrogen) atoms. The van der Waals surface area contributed by atoms with E-state index in [1.165, 1.54) is 34.1 Å². The maximum absolute atomic E-state index is 12.9. The molecule has 2 aromatic carbocycles. The number of nitrogens with one attached hydrogen (secondary N) is 2. The van der Waals surface area contributed by atoms with Gasteiger partial charge in [-0.05, 0) is 42.5 Å². The summed E-state index contributed by atoms with van der Waals surface area (Å²) in [6.07, 6.45) is 3.69. The normalized spacial score (nSPS) is 19.3. The Hall–Kier alpha value is -3.19. The van der Waals surface area contributed by atoms with E-state index in [4.69, 9.17) is 4.98 Å². The van der Waals surface area contributed by atoms with Gasteiger partial charge in [-0.2, -0.15) is 0 Å². The molecule has 160 valence electrons. The third kappa shape index (κ3) is 3.49. The Morgan fingerprint density at radius 1 is 1.13 bits per heavy atom. The summed E-state index contributed by atoms with van der Waals surface area (Å²) in [5.74, 6) is 0.860. The van der Waals surface area contributed by atoms with Gasteiger partial charge in [-0.3, -0.25) is 14.3 Å². The second kappa shape index (κ2) is 7.81. The Morgan fingerprint density at radius 2 is 1.94 bits per heavy atom. The summed E-state index contributed by atoms with van der Waals surface area (Å²) in [6.45, 7) is 4.67. The van der Waals surface area contributed by atoms with Gasteiger partial charge >= 0.3 is 5.69 Å². The van der Waals surface area contributed by atoms with E-state index in [0.717, 1.165) is 29.9 Å². The van der Waals surface area contributed by atoms with Crippen LogP contribution in [-0.2, 0) is 20.1 Å². The lowest BCUT2D eigenvalue weighted by Crippen LogP contribution is -3.15. The number of aryl methyl sites for hydroxylation is 1. The largest absolute Gasteiger partial charge is 0.329 e. The number of hydrogen-bond acceptors (Lipinski definition) is 3. The van der Waals surface area contributed by atoms with Gasteiger partial charge in [-0.1, -0.05) is 42.5 Å². The van der Waals surface area contributed by atoms with Crippen molar-refractivity contribution in [2.45, 2.75) is 45.3 Å². The highest BCUT2D eigenvalue weighted by molar-refractivity contribution is 5.85. The molecule has 1 unspecified atom stereocenters. The summed E-state index contributed by atoms with van der Waals surface area (Å²) in [6, 6.07) is 15.1. The molecule has 0 spiro atoms. The van der Waals surface area contributed by atoms with Crippen LogP contribution in [0.3, 0.4) is 0 Å². The summed E-state index contributed by atoms with van der Waals surface area (Å²) < 4.78 is 3.46. The molecule has 2 atom stereocenters. The van der Waals surface area contributed by atoms with Crippen LogP contribution in [-0.4, -0.2) is 31.7 Å². The van der Waals surface area contributed by atoms with Crippen molar-refractivity contribution in [2.24, 2.45) is 7.05 Å². The van der Waals surface area contributed by atoms with E-state index in [0.29, 0.717) is 23.8 Å². The van der Waals surface area contributed by atoms with E-state index in [1.54, 1.807) is 7.05 Å². The molecule has 0 saturated carbocycles. The van der Waals surface area contributed by atoms with Crippen molar-refractivity contribution in [3.63, 3.8) is 0 Å². The van der Waals surface area contributed by atoms with Crippen LogP contribution in [0.2, 0.25) is 0 Å². The molecule has 7 heteroatoms. The van der Waals surface area contributed by atoms with Gasteiger partial charge in [0.1, 0.15) is 6.54 Å². The van der Waals surface area contributed by atoms with Crippen LogP contribution in [0.4, 0.5) is 0 Å². The minimum absolute atomic E-state index is 0.376. The first-order valence-electron chi connectivity index (χ1n) is 11.0. The van der Waals surface area contributed by atoms with E-state index in [1.807, 2.05) is 22.8 Å². The number of likely N-dealkylation sites (tertiary alicyclic amines) is 1. The Morgan fingerprint density at radius 3 is 2.77 bits per heavy atom. The van der Waals surface area contributed by atoms with Gasteiger partial charge in [0.25, 0.3) is 5.56 Å². The molecule has 1 saturated heterocycles. The van der Waals surface area contributed by atoms with Crippen LogP contribution < -0.4 is 16.1 Å². The monoisotopic (exact) mass is 418 g/mol. The fraction of sp³-hybridized carbons (Fsp3) is 0.375. The number of fused-ring (bicyclic) bond motifs is 2. The average Bonchev–Trinajstić information content (AvgIpc) is 3.12. The van der Waals surface area contributed by atoms with Crippen molar-refractivity contribution < 1.29 is 4.90 Å². The number of H-pyrrole nitrogens is 1. The van der Waals surface area contributed by atoms with Crippen LogP contribution in [0.5, 0.6) is 0 Å². The number of imidazole rings is 1. The number of piperidine rings is 1. The zero-order valence-electron chi connectivity index (χ0n) is 18.0. The van der Waals surface area contributed by atoms with Crippen molar-refractivity contribution in [1.29, 1.82) is 0 Å². The Kier molecular flexibility index (Phi) is 4.98. The highest BCUT2D eigenvalue weighted by atomic mass is 16.2. The van der Waals surface area contributed by atoms with E-state index in [9.17, 15) is 9.59 Å². The van der Waals surface area contributed by atoms with Crippen molar-refractivity contribution in [2.75, 3.05) is 6.54 Å². The molecule has 0 radical (unpaired) electrons. The Bertz CT molecular complexity index is 1380. The molecule has 2 N–H and O–H groups in total. The molecule has 5 rings (SSSR count). The molecule has 3 heterocycles. The number of hydrogen-bond donors (Lipinski definition) is 2. The predicted octanol–water partition coefficient (Wildman–Crippen LogP) is 1.58. The highest BCUT2D eigenvalue weighted by Gasteiger charge is 2.26. The molecule has 0 bridgehead atoms. The SMILES string of the molecule is C[C@@H]1CCCC[NH+]1Cc1nc2c(c(=O)[nH]c(=O)n2C)n1Cc1cccc2ccccc12. The highest BCUT2D eigenvalue weighted by Crippen LogP contribution is 2.21. The summed E-state index contributed by atoms with van der Waals surface area (Å²) in [5, 5.41) is 2.33. The molecule has 1 fully saturated rings. The van der Waals surface area contributed by atoms with Crippen LogP contribution in [0.25, 0.3) is 21.9 Å². The number of benzene rings is 2. The first-order chi connectivity index (χ1) is 15.0. The average molecular weight is 419 g/mol. The van der Waals surface area contributed by atoms with Gasteiger partial charge in [-0.25, -0.2) is 9.78 Å². The van der Waals surface area contributed by atoms with Crippen molar-refractivity contribution in [3.05, 3.63) is 74.7 Å². The van der Waals surface area contributed by atoms with Gasteiger partial charge in [-0.15, -0.1) is 0 Å². The molecule has 4 aromatic rings. The molecule has 0 amide bonds. The van der Waals surface area contributed by atoms with E-state index in [2.05, 4.69) is 36.2 Å². The standard InChI is InChI=1S/C24H27N5O2/c1-16-8-5-6-13-28(16)15-20-25-22-21(23(30)26-24(31)27(22)2)29(20)14-18-11-7-10-17-9-3-4-12-19(17)18/h3-4,7,9-12,16H,5-6,8,13-15H2,1-2H3,(H,26,30,31)/p+1/t16-/m1/s1. The summed E-state index contributed by atoms with van der Waals surface area (Å²) in [5.41, 5.74) is 1.24. The lowest BCUT2D eigenvalue weighted by atomic mass is 10.0. The zero-order chi connectivity index (χ0) is 21.5. The first-order valence-corrected chi connectivity index (χ1v) is 11.0. The molecule has 1 aliphatic rings. The lowest BCUT2D eigenvalue weighted by molar-refractivity contribution is -0.942. The summed E-state index contributed by atoms with van der Waals surface area (Å²) in [7, 11) is 1.66. The number of aromatic nitrogens is 4. The van der Waals surface area contributed by atoms with E-state index < -0.39 is 5.69 Å². The molecular weight excluding hydrogens is 390 g/mol. The van der Waals surface area contributed by atoms with Crippen LogP contribution in [0.15, 0.2) is 52.1 Å². The van der Waals surface area contributed by atoms with Crippen LogP contribution >= 0.6 is 0 Å². The minimum Gasteiger partial charge on any atom is -0.326 e. The van der Waals surface area contributed by atoms with E-state index >= 15 is 0 Å². The van der Waals surface area contributed by atoms with Crippen LogP contribution in [0.1, 0.15) is 37.6 Å². The number of aromatic amines is 1. The fourth-order valence-electron chi connectivity index (χ4n) is 4.90. The number of nitrogens with zero attached hydrogens (tertiary/aromatic N) is 3. The van der Waals surface area contributed by atoms with Crippen LogP contribution in [0, 0.1) is 0 Å². The van der Waals surface area contributed by atoms with Crippen molar-refractivity contribution in [1.82, 2.24) is 19.1 Å². The van der Waals surface area contributed by atoms with Gasteiger partial charge in [0, 0.05) is 7.05 Å². The Balaban J connectivity index is 1.68. The quantitative estimate of drug-likeness (QED) is 0.528. The second-order valence-corrected chi connectivity index (χ2v) is 8.72. The van der Waals surface area contributed by atoms with Gasteiger partial charge < -0.3 is 9.47 Å². The van der Waals surface area contributed by atoms with Gasteiger partial charge in [0.15, 0.2) is 17.0 Å². The molecule has 0 aliphatic carbocycles. The number of rotatable bonds is 4. The van der Waals surface area contributed by atoms with Crippen molar-refractivity contribution >= 4 is 21.9 Å². The topological polar surface area (TPSA) is 77.1 Å². The molecule has 1 aliphatic heterocycles. The third-order valence-corrected chi connectivity index (χ3v) is 6.76. The Labute approximate surface area is 180 Å². The van der Waals surface area contributed by atoms with E-state index in [-0.39, 0.29) is 5.56 Å². The lowest BCUT2D eigenvalue weighted by Gasteiger charge is -2.30. The number of quaternary nitrogens is 1. The summed E-state index contributed by atoms with van der Waals surface area (Å²) in [4.78, 5) is 33.8. The first kappa shape index (κ1) is 19.8.